The highest BCUT2D eigenvalue weighted by atomic mass is 35.5. The molecule has 0 atom stereocenters. The molecule has 0 saturated carbocycles. The second kappa shape index (κ2) is 4.15. The van der Waals surface area contributed by atoms with Gasteiger partial charge in [-0.25, -0.2) is 8.78 Å². The first kappa shape index (κ1) is 11.0. The molecular weight excluding hydrogens is 240 g/mol. The molecule has 2 rings (SSSR count). The van der Waals surface area contributed by atoms with E-state index in [1.807, 2.05) is 0 Å². The van der Waals surface area contributed by atoms with E-state index in [2.05, 4.69) is 14.7 Å². The van der Waals surface area contributed by atoms with Crippen LogP contribution in [0.2, 0.25) is 5.02 Å². The summed E-state index contributed by atoms with van der Waals surface area (Å²) in [5.74, 6) is -1.48. The summed E-state index contributed by atoms with van der Waals surface area (Å²) in [6, 6.07) is 1.86. The molecular formula is C9H6ClF2N3O. The largest absolute Gasteiger partial charge is 0.338 e. The summed E-state index contributed by atoms with van der Waals surface area (Å²) < 4.78 is 31.2. The number of rotatable bonds is 2. The van der Waals surface area contributed by atoms with E-state index >= 15 is 0 Å². The quantitative estimate of drug-likeness (QED) is 0.823. The fourth-order valence-electron chi connectivity index (χ4n) is 1.17. The van der Waals surface area contributed by atoms with Gasteiger partial charge in [0, 0.05) is 0 Å². The zero-order chi connectivity index (χ0) is 11.7. The third-order valence-corrected chi connectivity index (χ3v) is 2.28. The third-order valence-electron chi connectivity index (χ3n) is 1.91. The maximum Gasteiger partial charge on any atom is 0.240 e. The lowest BCUT2D eigenvalue weighted by Gasteiger charge is -2.01. The van der Waals surface area contributed by atoms with Gasteiger partial charge in [-0.1, -0.05) is 16.8 Å². The van der Waals surface area contributed by atoms with E-state index in [-0.39, 0.29) is 28.8 Å². The van der Waals surface area contributed by atoms with Crippen LogP contribution in [0.4, 0.5) is 8.78 Å². The molecule has 2 N–H and O–H groups in total. The molecule has 0 amide bonds. The highest BCUT2D eigenvalue weighted by molar-refractivity contribution is 6.33. The SMILES string of the molecule is NCc1nc(-c2c(F)ccc(F)c2Cl)no1. The molecule has 16 heavy (non-hydrogen) atoms. The van der Waals surface area contributed by atoms with Crippen molar-refractivity contribution in [1.82, 2.24) is 10.1 Å². The number of hydrogen-bond donors (Lipinski definition) is 1. The van der Waals surface area contributed by atoms with E-state index in [9.17, 15) is 8.78 Å². The third kappa shape index (κ3) is 1.77. The normalized spacial score (nSPS) is 10.8. The molecule has 1 heterocycles. The highest BCUT2D eigenvalue weighted by Gasteiger charge is 2.18. The maximum atomic E-state index is 13.4. The van der Waals surface area contributed by atoms with Gasteiger partial charge in [0.2, 0.25) is 11.7 Å². The van der Waals surface area contributed by atoms with Crippen molar-refractivity contribution in [2.24, 2.45) is 5.73 Å². The van der Waals surface area contributed by atoms with Gasteiger partial charge < -0.3 is 10.3 Å². The van der Waals surface area contributed by atoms with E-state index in [0.717, 1.165) is 12.1 Å². The number of aromatic nitrogens is 2. The Balaban J connectivity index is 2.58. The zero-order valence-electron chi connectivity index (χ0n) is 7.88. The Kier molecular flexibility index (Phi) is 2.84. The molecule has 0 fully saturated rings. The molecule has 1 aromatic heterocycles. The predicted molar refractivity (Wildman–Crippen MR) is 52.6 cm³/mol. The van der Waals surface area contributed by atoms with Crippen LogP contribution in [-0.4, -0.2) is 10.1 Å². The van der Waals surface area contributed by atoms with Crippen molar-refractivity contribution in [3.63, 3.8) is 0 Å². The Hall–Kier alpha value is -1.53. The molecule has 0 aliphatic heterocycles. The minimum absolute atomic E-state index is 0.0154. The molecule has 0 aliphatic carbocycles. The molecule has 84 valence electrons. The number of benzene rings is 1. The van der Waals surface area contributed by atoms with Crippen molar-refractivity contribution >= 4 is 11.6 Å². The van der Waals surface area contributed by atoms with Gasteiger partial charge >= 0.3 is 0 Å². The highest BCUT2D eigenvalue weighted by Crippen LogP contribution is 2.30. The van der Waals surface area contributed by atoms with Crippen LogP contribution in [0.1, 0.15) is 5.89 Å². The van der Waals surface area contributed by atoms with Crippen LogP contribution in [0.3, 0.4) is 0 Å². The summed E-state index contributed by atoms with van der Waals surface area (Å²) in [4.78, 5) is 3.77. The van der Waals surface area contributed by atoms with E-state index < -0.39 is 11.6 Å². The van der Waals surface area contributed by atoms with Crippen LogP contribution in [0.5, 0.6) is 0 Å². The first-order valence-electron chi connectivity index (χ1n) is 4.30. The molecule has 4 nitrogen and oxygen atoms in total. The fraction of sp³-hybridized carbons (Fsp3) is 0.111. The van der Waals surface area contributed by atoms with Gasteiger partial charge in [0.1, 0.15) is 11.6 Å². The van der Waals surface area contributed by atoms with Gasteiger partial charge in [0.05, 0.1) is 17.1 Å². The summed E-state index contributed by atoms with van der Waals surface area (Å²) in [5, 5.41) is 3.08. The summed E-state index contributed by atoms with van der Waals surface area (Å²) in [6.07, 6.45) is 0. The standard InChI is InChI=1S/C9H6ClF2N3O/c10-8-5(12)2-1-4(11)7(8)9-14-6(3-13)16-15-9/h1-2H,3,13H2. The summed E-state index contributed by atoms with van der Waals surface area (Å²) in [6.45, 7) is 0.0154. The van der Waals surface area contributed by atoms with Crippen LogP contribution in [0.25, 0.3) is 11.4 Å². The average molecular weight is 246 g/mol. The Morgan fingerprint density at radius 2 is 2.00 bits per heavy atom. The van der Waals surface area contributed by atoms with Crippen molar-refractivity contribution < 1.29 is 13.3 Å². The molecule has 0 spiro atoms. The minimum Gasteiger partial charge on any atom is -0.338 e. The topological polar surface area (TPSA) is 64.9 Å². The Bertz CT molecular complexity index is 529. The molecule has 0 radical (unpaired) electrons. The van der Waals surface area contributed by atoms with Gasteiger partial charge in [0.15, 0.2) is 0 Å². The second-order valence-electron chi connectivity index (χ2n) is 2.93. The van der Waals surface area contributed by atoms with Gasteiger partial charge in [-0.3, -0.25) is 0 Å². The summed E-state index contributed by atoms with van der Waals surface area (Å²) in [7, 11) is 0. The molecule has 2 aromatic rings. The average Bonchev–Trinajstić information content (AvgIpc) is 2.73. The van der Waals surface area contributed by atoms with Gasteiger partial charge in [-0.15, -0.1) is 0 Å². The number of nitrogens with two attached hydrogens (primary N) is 1. The van der Waals surface area contributed by atoms with Crippen molar-refractivity contribution in [3.8, 4) is 11.4 Å². The number of halogens is 3. The van der Waals surface area contributed by atoms with Gasteiger partial charge in [-0.2, -0.15) is 4.98 Å². The van der Waals surface area contributed by atoms with Crippen LogP contribution in [0, 0.1) is 11.6 Å². The van der Waals surface area contributed by atoms with E-state index in [4.69, 9.17) is 17.3 Å². The zero-order valence-corrected chi connectivity index (χ0v) is 8.63. The van der Waals surface area contributed by atoms with Crippen LogP contribution in [0.15, 0.2) is 16.7 Å². The van der Waals surface area contributed by atoms with Gasteiger partial charge in [-0.05, 0) is 12.1 Å². The lowest BCUT2D eigenvalue weighted by molar-refractivity contribution is 0.380. The van der Waals surface area contributed by atoms with E-state index in [1.54, 1.807) is 0 Å². The van der Waals surface area contributed by atoms with E-state index in [1.165, 1.54) is 0 Å². The summed E-state index contributed by atoms with van der Waals surface area (Å²) >= 11 is 5.62. The Morgan fingerprint density at radius 3 is 2.62 bits per heavy atom. The van der Waals surface area contributed by atoms with Crippen molar-refractivity contribution in [2.75, 3.05) is 0 Å². The second-order valence-corrected chi connectivity index (χ2v) is 3.31. The fourth-order valence-corrected chi connectivity index (χ4v) is 1.41. The molecule has 0 bridgehead atoms. The smallest absolute Gasteiger partial charge is 0.240 e. The van der Waals surface area contributed by atoms with Crippen molar-refractivity contribution in [2.45, 2.75) is 6.54 Å². The first-order chi connectivity index (χ1) is 7.63. The molecule has 0 saturated heterocycles. The van der Waals surface area contributed by atoms with Crippen LogP contribution >= 0.6 is 11.6 Å². The molecule has 1 aromatic carbocycles. The minimum atomic E-state index is -0.753. The van der Waals surface area contributed by atoms with Crippen molar-refractivity contribution in [1.29, 1.82) is 0 Å². The number of hydrogen-bond acceptors (Lipinski definition) is 4. The van der Waals surface area contributed by atoms with Crippen molar-refractivity contribution in [3.05, 3.63) is 34.7 Å². The lowest BCUT2D eigenvalue weighted by atomic mass is 10.2. The number of nitrogens with zero attached hydrogens (tertiary/aromatic N) is 2. The summed E-state index contributed by atoms with van der Waals surface area (Å²) in [5.41, 5.74) is 5.02. The molecule has 7 heteroatoms. The first-order valence-corrected chi connectivity index (χ1v) is 4.67. The predicted octanol–water partition coefficient (Wildman–Crippen LogP) is 2.13. The molecule has 0 unspecified atom stereocenters. The Morgan fingerprint density at radius 1 is 1.31 bits per heavy atom. The lowest BCUT2D eigenvalue weighted by Crippen LogP contribution is -1.96. The van der Waals surface area contributed by atoms with E-state index in [0.29, 0.717) is 0 Å². The monoisotopic (exact) mass is 245 g/mol. The van der Waals surface area contributed by atoms with Gasteiger partial charge in [0.25, 0.3) is 0 Å². The molecule has 0 aliphatic rings. The maximum absolute atomic E-state index is 13.4. The van der Waals surface area contributed by atoms with Crippen LogP contribution < -0.4 is 5.73 Å². The van der Waals surface area contributed by atoms with Crippen LogP contribution in [-0.2, 0) is 6.54 Å². The Labute approximate surface area is 94.0 Å².